The van der Waals surface area contributed by atoms with Crippen molar-refractivity contribution in [3.63, 3.8) is 0 Å². The number of esters is 2. The van der Waals surface area contributed by atoms with Gasteiger partial charge in [0.2, 0.25) is 0 Å². The highest BCUT2D eigenvalue weighted by Gasteiger charge is 2.84. The second-order valence-corrected chi connectivity index (χ2v) is 11.1. The molecule has 9 heteroatoms. The van der Waals surface area contributed by atoms with E-state index in [0.717, 1.165) is 0 Å². The number of aliphatic hydroxyl groups is 4. The number of carbonyl (C=O) groups is 2. The highest BCUT2D eigenvalue weighted by molar-refractivity contribution is 5.88. The van der Waals surface area contributed by atoms with Gasteiger partial charge in [0.25, 0.3) is 0 Å². The molecule has 0 amide bonds. The summed E-state index contributed by atoms with van der Waals surface area (Å²) < 4.78 is 17.9. The van der Waals surface area contributed by atoms with Crippen molar-refractivity contribution in [2.45, 2.75) is 77.3 Å². The molecule has 2 saturated heterocycles. The van der Waals surface area contributed by atoms with Crippen molar-refractivity contribution >= 4 is 11.9 Å². The Kier molecular flexibility index (Phi) is 5.19. The van der Waals surface area contributed by atoms with Crippen LogP contribution in [0.3, 0.4) is 0 Å². The minimum absolute atomic E-state index is 0.00738. The molecule has 0 aromatic heterocycles. The average Bonchev–Trinajstić information content (AvgIpc) is 3.08. The van der Waals surface area contributed by atoms with Crippen LogP contribution in [-0.2, 0) is 23.8 Å². The zero-order valence-corrected chi connectivity index (χ0v) is 20.1. The molecule has 188 valence electrons. The Morgan fingerprint density at radius 3 is 2.59 bits per heavy atom. The summed E-state index contributed by atoms with van der Waals surface area (Å²) in [6, 6.07) is 0. The molecule has 5 rings (SSSR count). The SMILES string of the molecule is C/C=C(/C)C(=O)O[C@@H]1[C@H]2C(C)=C[C@H](O)[C@@H](O)[C@]2(C)[C@H]2[C@@]3(O)OC[C@@]24[C@@H]1OC(=O)C[C@H]4[C@@H](C)[C@H]3O. The number of ether oxygens (including phenoxy) is 3. The van der Waals surface area contributed by atoms with E-state index in [0.29, 0.717) is 11.1 Å². The Hall–Kier alpha value is -1.78. The van der Waals surface area contributed by atoms with E-state index in [1.165, 1.54) is 6.08 Å². The van der Waals surface area contributed by atoms with Gasteiger partial charge in [-0.25, -0.2) is 4.79 Å². The monoisotopic (exact) mass is 478 g/mol. The van der Waals surface area contributed by atoms with Crippen molar-refractivity contribution in [3.8, 4) is 0 Å². The molecular weight excluding hydrogens is 444 g/mol. The van der Waals surface area contributed by atoms with Gasteiger partial charge in [-0.05, 0) is 32.6 Å². The van der Waals surface area contributed by atoms with Crippen LogP contribution in [0.15, 0.2) is 23.3 Å². The highest BCUT2D eigenvalue weighted by Crippen LogP contribution is 2.74. The minimum Gasteiger partial charge on any atom is -0.458 e. The van der Waals surface area contributed by atoms with Crippen molar-refractivity contribution in [2.24, 2.45) is 34.5 Å². The van der Waals surface area contributed by atoms with Gasteiger partial charge in [-0.2, -0.15) is 0 Å². The summed E-state index contributed by atoms with van der Waals surface area (Å²) in [5.74, 6) is -5.64. The van der Waals surface area contributed by atoms with E-state index < -0.39 is 82.7 Å². The maximum Gasteiger partial charge on any atom is 0.333 e. The zero-order valence-electron chi connectivity index (χ0n) is 20.1. The molecule has 3 aliphatic carbocycles. The molecule has 12 atom stereocenters. The first kappa shape index (κ1) is 23.9. The number of fused-ring (bicyclic) bond motifs is 1. The van der Waals surface area contributed by atoms with E-state index in [2.05, 4.69) is 0 Å². The first-order valence-corrected chi connectivity index (χ1v) is 12.0. The number of carbonyl (C=O) groups excluding carboxylic acids is 2. The summed E-state index contributed by atoms with van der Waals surface area (Å²) in [6.07, 6.45) is -2.69. The lowest BCUT2D eigenvalue weighted by atomic mass is 9.37. The van der Waals surface area contributed by atoms with Crippen LogP contribution in [0.25, 0.3) is 0 Å². The molecule has 4 fully saturated rings. The summed E-state index contributed by atoms with van der Waals surface area (Å²) in [5.41, 5.74) is -1.28. The largest absolute Gasteiger partial charge is 0.458 e. The molecule has 0 aromatic rings. The van der Waals surface area contributed by atoms with Gasteiger partial charge in [-0.1, -0.05) is 31.6 Å². The smallest absolute Gasteiger partial charge is 0.333 e. The summed E-state index contributed by atoms with van der Waals surface area (Å²) in [7, 11) is 0. The molecule has 34 heavy (non-hydrogen) atoms. The molecule has 1 spiro atoms. The van der Waals surface area contributed by atoms with Gasteiger partial charge in [0.1, 0.15) is 18.3 Å². The van der Waals surface area contributed by atoms with Gasteiger partial charge in [-0.3, -0.25) is 4.79 Å². The molecule has 2 bridgehead atoms. The van der Waals surface area contributed by atoms with Crippen LogP contribution in [-0.4, -0.2) is 75.3 Å². The molecule has 5 aliphatic rings. The van der Waals surface area contributed by atoms with Crippen molar-refractivity contribution in [2.75, 3.05) is 6.61 Å². The van der Waals surface area contributed by atoms with Crippen LogP contribution in [0.2, 0.25) is 0 Å². The summed E-state index contributed by atoms with van der Waals surface area (Å²) in [5, 5.41) is 45.2. The van der Waals surface area contributed by atoms with Gasteiger partial charge in [0.05, 0.1) is 18.8 Å². The molecule has 2 heterocycles. The lowest BCUT2D eigenvalue weighted by Gasteiger charge is -2.69. The molecular formula is C25H34O9. The fraction of sp³-hybridized carbons (Fsp3) is 0.760. The predicted octanol–water partition coefficient (Wildman–Crippen LogP) is 0.446. The zero-order chi connectivity index (χ0) is 25.0. The van der Waals surface area contributed by atoms with Crippen molar-refractivity contribution in [1.82, 2.24) is 0 Å². The molecule has 2 aliphatic heterocycles. The van der Waals surface area contributed by atoms with E-state index in [-0.39, 0.29) is 13.0 Å². The second-order valence-electron chi connectivity index (χ2n) is 11.1. The topological polar surface area (TPSA) is 143 Å². The van der Waals surface area contributed by atoms with Gasteiger partial charge in [-0.15, -0.1) is 0 Å². The van der Waals surface area contributed by atoms with Crippen LogP contribution in [0, 0.1) is 34.5 Å². The Morgan fingerprint density at radius 2 is 1.94 bits per heavy atom. The fourth-order valence-corrected chi connectivity index (χ4v) is 8.27. The lowest BCUT2D eigenvalue weighted by Crippen LogP contribution is -2.79. The summed E-state index contributed by atoms with van der Waals surface area (Å²) in [6.45, 7) is 8.57. The molecule has 0 aromatic carbocycles. The van der Waals surface area contributed by atoms with Crippen LogP contribution < -0.4 is 0 Å². The van der Waals surface area contributed by atoms with Crippen molar-refractivity contribution in [3.05, 3.63) is 23.3 Å². The molecule has 0 unspecified atom stereocenters. The van der Waals surface area contributed by atoms with Gasteiger partial charge in [0, 0.05) is 34.7 Å². The third-order valence-electron chi connectivity index (χ3n) is 9.73. The van der Waals surface area contributed by atoms with Gasteiger partial charge in [0.15, 0.2) is 5.79 Å². The Bertz CT molecular complexity index is 989. The first-order valence-electron chi connectivity index (χ1n) is 12.0. The minimum atomic E-state index is -2.03. The number of rotatable bonds is 2. The quantitative estimate of drug-likeness (QED) is 0.253. The van der Waals surface area contributed by atoms with Crippen LogP contribution in [0.5, 0.6) is 0 Å². The lowest BCUT2D eigenvalue weighted by molar-refractivity contribution is -0.350. The van der Waals surface area contributed by atoms with Gasteiger partial charge >= 0.3 is 11.9 Å². The van der Waals surface area contributed by atoms with Crippen LogP contribution in [0.4, 0.5) is 0 Å². The Balaban J connectivity index is 1.78. The van der Waals surface area contributed by atoms with E-state index in [1.54, 1.807) is 40.7 Å². The third-order valence-corrected chi connectivity index (χ3v) is 9.73. The van der Waals surface area contributed by atoms with E-state index in [9.17, 15) is 30.0 Å². The molecule has 0 radical (unpaired) electrons. The summed E-state index contributed by atoms with van der Waals surface area (Å²) in [4.78, 5) is 25.8. The standard InChI is InChI=1S/C25H34O9/c1-6-10(2)21(30)34-17-16-11(3)7-14(26)19(29)23(16,5)22-24-9-32-25(22,31)18(28)12(4)13(24)8-15(27)33-20(17)24/h6-7,12-14,16-20,22,26,28-29,31H,8-9H2,1-5H3/b10-6-/t12-,13+,14+,16-,17-,18-,19-,20-,22-,23-,24-,25+/m1/s1. The maximum absolute atomic E-state index is 13.0. The second kappa shape index (κ2) is 7.36. The highest BCUT2D eigenvalue weighted by atomic mass is 16.7. The van der Waals surface area contributed by atoms with Crippen LogP contribution >= 0.6 is 0 Å². The van der Waals surface area contributed by atoms with E-state index in [4.69, 9.17) is 14.2 Å². The normalized spacial score (nSPS) is 53.9. The van der Waals surface area contributed by atoms with Crippen molar-refractivity contribution < 1.29 is 44.2 Å². The van der Waals surface area contributed by atoms with Crippen molar-refractivity contribution in [1.29, 1.82) is 0 Å². The number of hydrogen-bond acceptors (Lipinski definition) is 9. The third kappa shape index (κ3) is 2.62. The summed E-state index contributed by atoms with van der Waals surface area (Å²) >= 11 is 0. The molecule has 4 N–H and O–H groups in total. The average molecular weight is 479 g/mol. The molecule has 2 saturated carbocycles. The maximum atomic E-state index is 13.0. The number of allylic oxidation sites excluding steroid dienone is 1. The van der Waals surface area contributed by atoms with Crippen LogP contribution in [0.1, 0.15) is 41.0 Å². The first-order chi connectivity index (χ1) is 15.8. The molecule has 9 nitrogen and oxygen atoms in total. The van der Waals surface area contributed by atoms with E-state index >= 15 is 0 Å². The Labute approximate surface area is 198 Å². The Morgan fingerprint density at radius 1 is 1.26 bits per heavy atom. The van der Waals surface area contributed by atoms with Gasteiger partial charge < -0.3 is 34.6 Å². The predicted molar refractivity (Wildman–Crippen MR) is 117 cm³/mol. The number of aliphatic hydroxyl groups excluding tert-OH is 3. The number of hydrogen-bond donors (Lipinski definition) is 4. The fourth-order valence-electron chi connectivity index (χ4n) is 8.27. The van der Waals surface area contributed by atoms with E-state index in [1.807, 2.05) is 0 Å².